The van der Waals surface area contributed by atoms with Crippen LogP contribution >= 0.6 is 0 Å². The van der Waals surface area contributed by atoms with Crippen LogP contribution in [-0.2, 0) is 11.3 Å². The number of carbonyl (C=O) groups excluding carboxylic acids is 1. The lowest BCUT2D eigenvalue weighted by molar-refractivity contribution is -0.0393. The van der Waals surface area contributed by atoms with Crippen molar-refractivity contribution in [3.05, 3.63) is 18.0 Å². The lowest BCUT2D eigenvalue weighted by Crippen LogP contribution is -2.62. The number of piperidine rings is 1. The predicted molar refractivity (Wildman–Crippen MR) is 81.3 cm³/mol. The Kier molecular flexibility index (Phi) is 4.12. The molecule has 2 atom stereocenters. The Bertz CT molecular complexity index is 495. The minimum absolute atomic E-state index is 0.164. The van der Waals surface area contributed by atoms with Gasteiger partial charge in [0.1, 0.15) is 11.9 Å². The van der Waals surface area contributed by atoms with Gasteiger partial charge in [-0.05, 0) is 40.0 Å². The molecule has 6 heteroatoms. The normalized spacial score (nSPS) is 26.0. The summed E-state index contributed by atoms with van der Waals surface area (Å²) in [5.74, 6) is 0. The Morgan fingerprint density at radius 2 is 2.05 bits per heavy atom. The molecule has 2 fully saturated rings. The molecule has 0 aromatic carbocycles. The van der Waals surface area contributed by atoms with Crippen LogP contribution in [0.1, 0.15) is 45.7 Å². The van der Waals surface area contributed by atoms with E-state index in [1.165, 1.54) is 6.42 Å². The van der Waals surface area contributed by atoms with Gasteiger partial charge in [0.05, 0.1) is 5.69 Å². The van der Waals surface area contributed by atoms with Crippen molar-refractivity contribution in [3.8, 4) is 0 Å². The Hall–Kier alpha value is -1.56. The zero-order chi connectivity index (χ0) is 15.7. The molecule has 1 aromatic rings. The number of amides is 1. The van der Waals surface area contributed by atoms with Crippen molar-refractivity contribution in [1.29, 1.82) is 0 Å². The number of rotatable bonds is 2. The summed E-state index contributed by atoms with van der Waals surface area (Å²) in [6, 6.07) is 2.39. The van der Waals surface area contributed by atoms with Gasteiger partial charge in [-0.1, -0.05) is 5.16 Å². The fraction of sp³-hybridized carbons (Fsp3) is 0.750. The van der Waals surface area contributed by atoms with Crippen molar-refractivity contribution >= 4 is 6.09 Å². The van der Waals surface area contributed by atoms with Crippen LogP contribution in [0.5, 0.6) is 0 Å². The second kappa shape index (κ2) is 5.91. The third-order valence-electron chi connectivity index (χ3n) is 4.28. The van der Waals surface area contributed by atoms with Crippen LogP contribution in [0.15, 0.2) is 16.9 Å². The first-order valence-corrected chi connectivity index (χ1v) is 8.05. The topological polar surface area (TPSA) is 58.8 Å². The van der Waals surface area contributed by atoms with Crippen LogP contribution < -0.4 is 0 Å². The van der Waals surface area contributed by atoms with E-state index in [4.69, 9.17) is 9.26 Å². The highest BCUT2D eigenvalue weighted by Gasteiger charge is 2.41. The first-order valence-electron chi connectivity index (χ1n) is 8.05. The molecule has 1 aromatic heterocycles. The smallest absolute Gasteiger partial charge is 0.410 e. The van der Waals surface area contributed by atoms with Crippen LogP contribution in [0.25, 0.3) is 0 Å². The van der Waals surface area contributed by atoms with E-state index in [1.807, 2.05) is 31.7 Å². The quantitative estimate of drug-likeness (QED) is 0.840. The van der Waals surface area contributed by atoms with Crippen molar-refractivity contribution in [2.75, 3.05) is 13.1 Å². The molecule has 0 aliphatic carbocycles. The van der Waals surface area contributed by atoms with Crippen LogP contribution in [0.4, 0.5) is 4.79 Å². The van der Waals surface area contributed by atoms with Gasteiger partial charge in [-0.2, -0.15) is 0 Å². The summed E-state index contributed by atoms with van der Waals surface area (Å²) in [5.41, 5.74) is 0.507. The molecular formula is C16H25N3O3. The highest BCUT2D eigenvalue weighted by molar-refractivity contribution is 5.69. The summed E-state index contributed by atoms with van der Waals surface area (Å²) in [5, 5.41) is 3.98. The maximum atomic E-state index is 12.5. The van der Waals surface area contributed by atoms with E-state index in [0.29, 0.717) is 0 Å². The third-order valence-corrected chi connectivity index (χ3v) is 4.28. The van der Waals surface area contributed by atoms with Crippen LogP contribution in [0, 0.1) is 0 Å². The summed E-state index contributed by atoms with van der Waals surface area (Å²) < 4.78 is 10.5. The lowest BCUT2D eigenvalue weighted by Gasteiger charge is -2.49. The van der Waals surface area contributed by atoms with E-state index >= 15 is 0 Å². The summed E-state index contributed by atoms with van der Waals surface area (Å²) in [7, 11) is 0. The third kappa shape index (κ3) is 3.43. The molecule has 3 rings (SSSR count). The minimum atomic E-state index is -0.441. The van der Waals surface area contributed by atoms with Crippen LogP contribution in [0.2, 0.25) is 0 Å². The number of ether oxygens (including phenoxy) is 1. The molecule has 2 unspecified atom stereocenters. The first-order chi connectivity index (χ1) is 10.4. The largest absolute Gasteiger partial charge is 0.444 e. The van der Waals surface area contributed by atoms with Gasteiger partial charge in [-0.15, -0.1) is 0 Å². The summed E-state index contributed by atoms with van der Waals surface area (Å²) >= 11 is 0. The van der Waals surface area contributed by atoms with Gasteiger partial charge in [-0.25, -0.2) is 4.79 Å². The van der Waals surface area contributed by atoms with Gasteiger partial charge < -0.3 is 9.26 Å². The lowest BCUT2D eigenvalue weighted by atomic mass is 9.91. The van der Waals surface area contributed by atoms with Gasteiger partial charge in [-0.3, -0.25) is 9.80 Å². The Labute approximate surface area is 131 Å². The fourth-order valence-corrected chi connectivity index (χ4v) is 3.48. The molecule has 3 heterocycles. The standard InChI is InChI=1S/C16H25N3O3/c1-16(2,3)22-15(20)19-13-5-4-6-14(19)11-18(10-13)9-12-7-8-21-17-12/h7-8,13-14H,4-6,9-11H2,1-3H3. The molecule has 2 aliphatic heterocycles. The Balaban J connectivity index is 1.67. The van der Waals surface area contributed by atoms with E-state index in [0.717, 1.165) is 38.2 Å². The molecule has 0 N–H and O–H groups in total. The monoisotopic (exact) mass is 307 g/mol. The van der Waals surface area contributed by atoms with Crippen molar-refractivity contribution in [3.63, 3.8) is 0 Å². The Morgan fingerprint density at radius 3 is 2.59 bits per heavy atom. The molecule has 0 spiro atoms. The number of nitrogens with zero attached hydrogens (tertiary/aromatic N) is 3. The van der Waals surface area contributed by atoms with Crippen molar-refractivity contribution in [2.24, 2.45) is 0 Å². The molecular weight excluding hydrogens is 282 g/mol. The highest BCUT2D eigenvalue weighted by atomic mass is 16.6. The summed E-state index contributed by atoms with van der Waals surface area (Å²) in [6.45, 7) is 8.29. The van der Waals surface area contributed by atoms with Crippen LogP contribution in [0.3, 0.4) is 0 Å². The zero-order valence-corrected chi connectivity index (χ0v) is 13.6. The van der Waals surface area contributed by atoms with E-state index in [1.54, 1.807) is 6.26 Å². The van der Waals surface area contributed by atoms with Crippen molar-refractivity contribution in [1.82, 2.24) is 15.0 Å². The maximum absolute atomic E-state index is 12.5. The molecule has 6 nitrogen and oxygen atoms in total. The minimum Gasteiger partial charge on any atom is -0.444 e. The van der Waals surface area contributed by atoms with Gasteiger partial charge in [0.2, 0.25) is 0 Å². The van der Waals surface area contributed by atoms with E-state index in [2.05, 4.69) is 10.1 Å². The molecule has 2 saturated heterocycles. The van der Waals surface area contributed by atoms with Gasteiger partial charge in [0, 0.05) is 37.8 Å². The van der Waals surface area contributed by atoms with E-state index < -0.39 is 5.60 Å². The van der Waals surface area contributed by atoms with Crippen molar-refractivity contribution < 1.29 is 14.1 Å². The van der Waals surface area contributed by atoms with E-state index in [9.17, 15) is 4.79 Å². The molecule has 0 saturated carbocycles. The number of hydrogen-bond donors (Lipinski definition) is 0. The van der Waals surface area contributed by atoms with Crippen molar-refractivity contribution in [2.45, 2.75) is 64.3 Å². The number of piperazine rings is 1. The number of hydrogen-bond acceptors (Lipinski definition) is 5. The van der Waals surface area contributed by atoms with Crippen LogP contribution in [-0.4, -0.2) is 51.8 Å². The average molecular weight is 307 g/mol. The molecule has 22 heavy (non-hydrogen) atoms. The summed E-state index contributed by atoms with van der Waals surface area (Å²) in [6.07, 6.45) is 4.72. The SMILES string of the molecule is CC(C)(C)OC(=O)N1C2CCCC1CN(Cc1ccon1)C2. The maximum Gasteiger partial charge on any atom is 0.410 e. The number of aromatic nitrogens is 1. The molecule has 2 aliphatic rings. The number of fused-ring (bicyclic) bond motifs is 2. The zero-order valence-electron chi connectivity index (χ0n) is 13.6. The number of likely N-dealkylation sites (tertiary alicyclic amines) is 1. The predicted octanol–water partition coefficient (Wildman–Crippen LogP) is 2.65. The average Bonchev–Trinajstić information content (AvgIpc) is 2.88. The molecule has 122 valence electrons. The first kappa shape index (κ1) is 15.3. The Morgan fingerprint density at radius 1 is 1.36 bits per heavy atom. The second-order valence-corrected chi connectivity index (χ2v) is 7.31. The molecule has 1 amide bonds. The van der Waals surface area contributed by atoms with Gasteiger partial charge in [0.25, 0.3) is 0 Å². The molecule has 2 bridgehead atoms. The number of carbonyl (C=O) groups is 1. The van der Waals surface area contributed by atoms with Gasteiger partial charge >= 0.3 is 6.09 Å². The van der Waals surface area contributed by atoms with E-state index in [-0.39, 0.29) is 18.2 Å². The fourth-order valence-electron chi connectivity index (χ4n) is 3.48. The second-order valence-electron chi connectivity index (χ2n) is 7.31. The summed E-state index contributed by atoms with van der Waals surface area (Å²) in [4.78, 5) is 16.9. The molecule has 0 radical (unpaired) electrons. The van der Waals surface area contributed by atoms with Gasteiger partial charge in [0.15, 0.2) is 0 Å². The highest BCUT2D eigenvalue weighted by Crippen LogP contribution is 2.30.